The molecule has 0 aliphatic carbocycles. The first-order valence-corrected chi connectivity index (χ1v) is 9.10. The number of ether oxygens (including phenoxy) is 3. The summed E-state index contributed by atoms with van der Waals surface area (Å²) in [6, 6.07) is 11.4. The Morgan fingerprint density at radius 1 is 1.13 bits per heavy atom. The number of esters is 1. The van der Waals surface area contributed by atoms with Gasteiger partial charge in [0.15, 0.2) is 11.5 Å². The normalized spacial score (nSPS) is 10.8. The van der Waals surface area contributed by atoms with Crippen LogP contribution in [0.3, 0.4) is 0 Å². The van der Waals surface area contributed by atoms with Crippen molar-refractivity contribution in [2.24, 2.45) is 5.10 Å². The monoisotopic (exact) mass is 426 g/mol. The van der Waals surface area contributed by atoms with Crippen LogP contribution in [0.1, 0.15) is 21.6 Å². The molecular formula is C20H18N4O5S. The number of hydrogen-bond acceptors (Lipinski definition) is 8. The summed E-state index contributed by atoms with van der Waals surface area (Å²) in [6.45, 7) is 1.55. The second-order valence-corrected chi connectivity index (χ2v) is 6.39. The summed E-state index contributed by atoms with van der Waals surface area (Å²) in [5, 5.41) is 10.4. The molecular weight excluding hydrogens is 408 g/mol. The molecule has 154 valence electrons. The Morgan fingerprint density at radius 3 is 2.53 bits per heavy atom. The number of nitrogens with zero attached hydrogens (tertiary/aromatic N) is 3. The van der Waals surface area contributed by atoms with E-state index in [1.807, 2.05) is 0 Å². The van der Waals surface area contributed by atoms with E-state index in [2.05, 4.69) is 15.3 Å². The van der Waals surface area contributed by atoms with Crippen LogP contribution in [0.15, 0.2) is 52.4 Å². The molecule has 3 rings (SSSR count). The molecule has 1 heterocycles. The molecule has 2 aromatic carbocycles. The van der Waals surface area contributed by atoms with E-state index in [-0.39, 0.29) is 16.2 Å². The minimum Gasteiger partial charge on any atom is -0.497 e. The third kappa shape index (κ3) is 4.61. The Hall–Kier alpha value is -3.79. The topological polar surface area (TPSA) is 108 Å². The van der Waals surface area contributed by atoms with Crippen LogP contribution in [0.2, 0.25) is 0 Å². The van der Waals surface area contributed by atoms with E-state index in [0.29, 0.717) is 22.6 Å². The Bertz CT molecular complexity index is 1220. The molecule has 0 radical (unpaired) electrons. The summed E-state index contributed by atoms with van der Waals surface area (Å²) in [7, 11) is 3.00. The Labute approximate surface area is 176 Å². The third-order valence-electron chi connectivity index (χ3n) is 4.05. The number of H-pyrrole nitrogens is 1. The highest BCUT2D eigenvalue weighted by Crippen LogP contribution is 2.28. The predicted octanol–water partition coefficient (Wildman–Crippen LogP) is 2.73. The number of hydrogen-bond donors (Lipinski definition) is 1. The summed E-state index contributed by atoms with van der Waals surface area (Å²) < 4.78 is 16.9. The zero-order valence-electron chi connectivity index (χ0n) is 16.4. The molecule has 0 fully saturated rings. The molecule has 0 spiro atoms. The van der Waals surface area contributed by atoms with Crippen molar-refractivity contribution in [1.29, 1.82) is 0 Å². The van der Waals surface area contributed by atoms with Crippen LogP contribution in [0, 0.1) is 11.7 Å². The van der Waals surface area contributed by atoms with E-state index in [9.17, 15) is 9.59 Å². The molecule has 9 nitrogen and oxygen atoms in total. The van der Waals surface area contributed by atoms with Gasteiger partial charge in [-0.25, -0.2) is 4.79 Å². The van der Waals surface area contributed by atoms with Crippen LogP contribution in [0.4, 0.5) is 0 Å². The molecule has 1 aromatic heterocycles. The quantitative estimate of drug-likeness (QED) is 0.279. The number of carbonyl (C=O) groups excluding carboxylic acids is 1. The first-order valence-electron chi connectivity index (χ1n) is 8.70. The van der Waals surface area contributed by atoms with Crippen molar-refractivity contribution in [3.05, 3.63) is 74.4 Å². The van der Waals surface area contributed by atoms with E-state index in [1.54, 1.807) is 56.5 Å². The largest absolute Gasteiger partial charge is 0.497 e. The SMILES string of the molecule is COc1ccc(C(=O)Oc2ccc(C=Nn3c(=S)[nH]nc(C)c3=O)cc2OC)cc1. The lowest BCUT2D eigenvalue weighted by atomic mass is 10.2. The van der Waals surface area contributed by atoms with E-state index in [0.717, 1.165) is 4.68 Å². The summed E-state index contributed by atoms with van der Waals surface area (Å²) in [5.41, 5.74) is 0.781. The molecule has 0 aliphatic rings. The Morgan fingerprint density at radius 2 is 1.87 bits per heavy atom. The maximum absolute atomic E-state index is 12.4. The average Bonchev–Trinajstić information content (AvgIpc) is 2.77. The number of aromatic amines is 1. The second kappa shape index (κ2) is 9.14. The predicted molar refractivity (Wildman–Crippen MR) is 112 cm³/mol. The number of methoxy groups -OCH3 is 2. The summed E-state index contributed by atoms with van der Waals surface area (Å²) in [6.07, 6.45) is 1.43. The third-order valence-corrected chi connectivity index (χ3v) is 4.32. The molecule has 0 amide bonds. The minimum absolute atomic E-state index is 0.0684. The molecule has 1 N–H and O–H groups in total. The van der Waals surface area contributed by atoms with Crippen molar-refractivity contribution in [2.75, 3.05) is 14.2 Å². The van der Waals surface area contributed by atoms with Gasteiger partial charge in [-0.3, -0.25) is 9.89 Å². The van der Waals surface area contributed by atoms with Crippen molar-refractivity contribution >= 4 is 24.4 Å². The molecule has 0 bridgehead atoms. The van der Waals surface area contributed by atoms with E-state index < -0.39 is 11.5 Å². The highest BCUT2D eigenvalue weighted by molar-refractivity contribution is 7.71. The molecule has 0 saturated carbocycles. The standard InChI is InChI=1S/C20H18N4O5S/c1-12-18(25)24(20(30)23-22-12)21-11-13-4-9-16(17(10-13)28-3)29-19(26)14-5-7-15(27-2)8-6-14/h4-11H,1-3H3,(H,23,30). The summed E-state index contributed by atoms with van der Waals surface area (Å²) in [4.78, 5) is 24.5. The first-order chi connectivity index (χ1) is 14.4. The number of aromatic nitrogens is 3. The lowest BCUT2D eigenvalue weighted by molar-refractivity contribution is 0.0729. The van der Waals surface area contributed by atoms with Crippen molar-refractivity contribution in [1.82, 2.24) is 14.9 Å². The molecule has 0 aliphatic heterocycles. The lowest BCUT2D eigenvalue weighted by Crippen LogP contribution is -2.22. The second-order valence-electron chi connectivity index (χ2n) is 6.00. The number of aryl methyl sites for hydroxylation is 1. The fraction of sp³-hybridized carbons (Fsp3) is 0.150. The van der Waals surface area contributed by atoms with Crippen LogP contribution in [0.25, 0.3) is 0 Å². The average molecular weight is 426 g/mol. The van der Waals surface area contributed by atoms with Gasteiger partial charge >= 0.3 is 5.97 Å². The highest BCUT2D eigenvalue weighted by Gasteiger charge is 2.13. The maximum atomic E-state index is 12.4. The number of rotatable bonds is 6. The number of nitrogens with one attached hydrogen (secondary N) is 1. The van der Waals surface area contributed by atoms with Gasteiger partial charge in [0, 0.05) is 0 Å². The van der Waals surface area contributed by atoms with Crippen molar-refractivity contribution in [3.63, 3.8) is 0 Å². The highest BCUT2D eigenvalue weighted by atomic mass is 32.1. The maximum Gasteiger partial charge on any atom is 0.343 e. The van der Waals surface area contributed by atoms with Crippen LogP contribution in [-0.2, 0) is 0 Å². The molecule has 10 heteroatoms. The van der Waals surface area contributed by atoms with Gasteiger partial charge in [-0.2, -0.15) is 14.9 Å². The zero-order valence-corrected chi connectivity index (χ0v) is 17.2. The number of carbonyl (C=O) groups is 1. The van der Waals surface area contributed by atoms with E-state index in [1.165, 1.54) is 13.3 Å². The number of benzene rings is 2. The van der Waals surface area contributed by atoms with Gasteiger partial charge in [0.05, 0.1) is 26.0 Å². The summed E-state index contributed by atoms with van der Waals surface area (Å²) in [5.74, 6) is 0.660. The van der Waals surface area contributed by atoms with Crippen LogP contribution in [0.5, 0.6) is 17.2 Å². The Balaban J connectivity index is 1.83. The van der Waals surface area contributed by atoms with Gasteiger partial charge in [-0.05, 0) is 67.2 Å². The first kappa shape index (κ1) is 20.9. The van der Waals surface area contributed by atoms with Crippen LogP contribution >= 0.6 is 12.2 Å². The van der Waals surface area contributed by atoms with Gasteiger partial charge in [0.25, 0.3) is 5.56 Å². The molecule has 30 heavy (non-hydrogen) atoms. The van der Waals surface area contributed by atoms with Crippen molar-refractivity contribution in [2.45, 2.75) is 6.92 Å². The smallest absolute Gasteiger partial charge is 0.343 e. The fourth-order valence-corrected chi connectivity index (χ4v) is 2.61. The van der Waals surface area contributed by atoms with Gasteiger partial charge in [0.2, 0.25) is 4.77 Å². The molecule has 0 unspecified atom stereocenters. The van der Waals surface area contributed by atoms with Gasteiger partial charge in [-0.15, -0.1) is 0 Å². The van der Waals surface area contributed by atoms with Crippen molar-refractivity contribution in [3.8, 4) is 17.2 Å². The lowest BCUT2D eigenvalue weighted by Gasteiger charge is -2.10. The van der Waals surface area contributed by atoms with Gasteiger partial charge in [-0.1, -0.05) is 0 Å². The molecule has 3 aromatic rings. The Kier molecular flexibility index (Phi) is 6.38. The van der Waals surface area contributed by atoms with E-state index in [4.69, 9.17) is 26.4 Å². The van der Waals surface area contributed by atoms with Gasteiger partial charge < -0.3 is 14.2 Å². The van der Waals surface area contributed by atoms with E-state index >= 15 is 0 Å². The molecule has 0 atom stereocenters. The van der Waals surface area contributed by atoms with Crippen LogP contribution < -0.4 is 19.8 Å². The van der Waals surface area contributed by atoms with Gasteiger partial charge in [0.1, 0.15) is 11.4 Å². The van der Waals surface area contributed by atoms with Crippen molar-refractivity contribution < 1.29 is 19.0 Å². The summed E-state index contributed by atoms with van der Waals surface area (Å²) >= 11 is 5.03. The van der Waals surface area contributed by atoms with Crippen LogP contribution in [-0.4, -0.2) is 41.3 Å². The minimum atomic E-state index is -0.539. The zero-order chi connectivity index (χ0) is 21.7. The molecule has 0 saturated heterocycles. The fourth-order valence-electron chi connectivity index (χ4n) is 2.44.